The number of hydrogen-bond donors (Lipinski definition) is 4. The van der Waals surface area contributed by atoms with E-state index in [-0.39, 0.29) is 66.8 Å². The van der Waals surface area contributed by atoms with Gasteiger partial charge in [0.2, 0.25) is 0 Å². The maximum atomic E-state index is 9.63. The van der Waals surface area contributed by atoms with E-state index in [4.69, 9.17) is 19.6 Å². The molecule has 0 rings (SSSR count). The van der Waals surface area contributed by atoms with Crippen molar-refractivity contribution in [1.82, 2.24) is 0 Å². The summed E-state index contributed by atoms with van der Waals surface area (Å²) in [6.07, 6.45) is 0. The van der Waals surface area contributed by atoms with Crippen LogP contribution in [0.4, 0.5) is 0 Å². The molecule has 0 aliphatic rings. The summed E-state index contributed by atoms with van der Waals surface area (Å²) in [6.45, 7) is 0. The van der Waals surface area contributed by atoms with E-state index < -0.39 is 15.6 Å². The van der Waals surface area contributed by atoms with E-state index in [0.717, 1.165) is 0 Å². The third-order valence-corrected chi connectivity index (χ3v) is 1.91. The van der Waals surface area contributed by atoms with Crippen molar-refractivity contribution in [2.45, 2.75) is 0 Å². The van der Waals surface area contributed by atoms with E-state index in [0.29, 0.717) is 0 Å². The third-order valence-electron chi connectivity index (χ3n) is 0.213. The summed E-state index contributed by atoms with van der Waals surface area (Å²) < 4.78 is 22.2. The van der Waals surface area contributed by atoms with Gasteiger partial charge in [-0.3, -0.25) is 0 Å². The molecule has 4 N–H and O–H groups in total. The van der Waals surface area contributed by atoms with Crippen LogP contribution in [0.5, 0.6) is 0 Å². The van der Waals surface area contributed by atoms with E-state index in [1.807, 2.05) is 0 Å². The molecular weight excluding hydrogens is 305 g/mol. The Bertz CT molecular complexity index is 165. The maximum absolute atomic E-state index is 9.63. The van der Waals surface area contributed by atoms with Gasteiger partial charge in [0.15, 0.2) is 0 Å². The topological polar surface area (TPSA) is 124 Å². The molecule has 0 aromatic rings. The SMILES string of the molecule is O=P(O)(O)OP(=O)(O)O.[Ca+2].[H-].[H-].[Zr]. The number of hydrogen-bond acceptors (Lipinski definition) is 3. The Labute approximate surface area is 114 Å². The first-order valence-electron chi connectivity index (χ1n) is 1.53. The van der Waals surface area contributed by atoms with Crippen LogP contribution in [-0.4, -0.2) is 57.3 Å². The summed E-state index contributed by atoms with van der Waals surface area (Å²) in [5, 5.41) is 0. The van der Waals surface area contributed by atoms with Gasteiger partial charge in [-0.25, -0.2) is 9.13 Å². The largest absolute Gasteiger partial charge is 2.00 e. The molecule has 0 radical (unpaired) electrons. The van der Waals surface area contributed by atoms with Crippen LogP contribution in [0.1, 0.15) is 2.85 Å². The van der Waals surface area contributed by atoms with Gasteiger partial charge in [0.05, 0.1) is 0 Å². The van der Waals surface area contributed by atoms with E-state index in [1.54, 1.807) is 0 Å². The summed E-state index contributed by atoms with van der Waals surface area (Å²) in [6, 6.07) is 0. The second-order valence-electron chi connectivity index (χ2n) is 1.06. The zero-order valence-electron chi connectivity index (χ0n) is 7.12. The molecule has 0 saturated carbocycles. The van der Waals surface area contributed by atoms with Gasteiger partial charge in [0, 0.05) is 26.2 Å². The quantitative estimate of drug-likeness (QED) is 0.382. The van der Waals surface area contributed by atoms with Crippen LogP contribution in [0.25, 0.3) is 0 Å². The third kappa shape index (κ3) is 19.0. The average Bonchev–Trinajstić information content (AvgIpc) is 1.14. The molecule has 11 heteroatoms. The summed E-state index contributed by atoms with van der Waals surface area (Å²) in [7, 11) is -10.1. The molecule has 0 aromatic heterocycles. The molecule has 0 heterocycles. The molecule has 0 bridgehead atoms. The summed E-state index contributed by atoms with van der Waals surface area (Å²) >= 11 is 0. The van der Waals surface area contributed by atoms with Crippen molar-refractivity contribution in [3.8, 4) is 0 Å². The van der Waals surface area contributed by atoms with Gasteiger partial charge in [-0.05, 0) is 0 Å². The smallest absolute Gasteiger partial charge is 1.00 e. The molecular formula is H6CaO7P2Zr. The molecule has 0 aromatic carbocycles. The Balaban J connectivity index is -0.0000000533. The van der Waals surface area contributed by atoms with Crippen molar-refractivity contribution < 1.29 is 62.1 Å². The maximum Gasteiger partial charge on any atom is 2.00 e. The van der Waals surface area contributed by atoms with Crippen molar-refractivity contribution in [3.63, 3.8) is 0 Å². The van der Waals surface area contributed by atoms with E-state index >= 15 is 0 Å². The monoisotopic (exact) mass is 310 g/mol. The number of rotatable bonds is 2. The molecule has 0 aliphatic heterocycles. The van der Waals surface area contributed by atoms with Crippen molar-refractivity contribution >= 4 is 53.4 Å². The Kier molecular flexibility index (Phi) is 11.8. The molecule has 0 saturated heterocycles. The van der Waals surface area contributed by atoms with Crippen molar-refractivity contribution in [2.24, 2.45) is 0 Å². The van der Waals surface area contributed by atoms with Gasteiger partial charge in [0.25, 0.3) is 0 Å². The van der Waals surface area contributed by atoms with Gasteiger partial charge >= 0.3 is 53.4 Å². The number of phosphoric acid groups is 2. The predicted molar refractivity (Wildman–Crippen MR) is 33.2 cm³/mol. The fourth-order valence-corrected chi connectivity index (χ4v) is 1.25. The van der Waals surface area contributed by atoms with Crippen LogP contribution in [0.15, 0.2) is 0 Å². The second-order valence-corrected chi connectivity index (χ2v) is 3.68. The van der Waals surface area contributed by atoms with E-state index in [1.165, 1.54) is 0 Å². The van der Waals surface area contributed by atoms with Crippen molar-refractivity contribution in [1.29, 1.82) is 0 Å². The van der Waals surface area contributed by atoms with E-state index in [2.05, 4.69) is 4.31 Å². The Morgan fingerprint density at radius 1 is 1.00 bits per heavy atom. The second kappa shape index (κ2) is 6.80. The minimum atomic E-state index is -5.05. The van der Waals surface area contributed by atoms with Crippen molar-refractivity contribution in [2.75, 3.05) is 0 Å². The standard InChI is InChI=1S/Ca.H4O7P2.Zr.2H/c;1-8(2,3)7-9(4,5)6;;;/h;(H2,1,2,3)(H2,4,5,6);;;/q+2;;;2*-1. The molecule has 0 aliphatic carbocycles. The molecule has 64 valence electrons. The molecule has 7 nitrogen and oxygen atoms in total. The van der Waals surface area contributed by atoms with Crippen LogP contribution in [0.3, 0.4) is 0 Å². The van der Waals surface area contributed by atoms with Gasteiger partial charge in [-0.1, -0.05) is 0 Å². The molecule has 0 unspecified atom stereocenters. The van der Waals surface area contributed by atoms with Crippen LogP contribution in [-0.2, 0) is 39.6 Å². The minimum Gasteiger partial charge on any atom is -1.00 e. The van der Waals surface area contributed by atoms with Crippen LogP contribution in [0, 0.1) is 0 Å². The average molecular weight is 311 g/mol. The predicted octanol–water partition coefficient (Wildman–Crippen LogP) is -0.970. The van der Waals surface area contributed by atoms with Gasteiger partial charge < -0.3 is 22.4 Å². The first-order chi connectivity index (χ1) is 3.71. The molecule has 11 heavy (non-hydrogen) atoms. The zero-order chi connectivity index (χ0) is 7.71. The fourth-order valence-electron chi connectivity index (χ4n) is 0.139. The zero-order valence-corrected chi connectivity index (χ0v) is 11.6. The Morgan fingerprint density at radius 2 is 1.18 bits per heavy atom. The molecule has 0 fully saturated rings. The minimum absolute atomic E-state index is 0. The first-order valence-corrected chi connectivity index (χ1v) is 4.59. The van der Waals surface area contributed by atoms with Gasteiger partial charge in [0.1, 0.15) is 0 Å². The molecule has 0 amide bonds. The first kappa shape index (κ1) is 19.1. The summed E-state index contributed by atoms with van der Waals surface area (Å²) in [5.41, 5.74) is 0. The summed E-state index contributed by atoms with van der Waals surface area (Å²) in [5.74, 6) is 0. The fraction of sp³-hybridized carbons (Fsp3) is 0. The van der Waals surface area contributed by atoms with Crippen LogP contribution in [0.2, 0.25) is 0 Å². The van der Waals surface area contributed by atoms with E-state index in [9.17, 15) is 9.13 Å². The molecule has 0 atom stereocenters. The molecule has 0 spiro atoms. The van der Waals surface area contributed by atoms with Gasteiger partial charge in [-0.2, -0.15) is 4.31 Å². The Morgan fingerprint density at radius 3 is 1.18 bits per heavy atom. The van der Waals surface area contributed by atoms with Gasteiger partial charge in [-0.15, -0.1) is 0 Å². The van der Waals surface area contributed by atoms with Crippen LogP contribution < -0.4 is 0 Å². The summed E-state index contributed by atoms with van der Waals surface area (Å²) in [4.78, 5) is 31.0. The Hall–Kier alpha value is 2.40. The van der Waals surface area contributed by atoms with Crippen LogP contribution >= 0.6 is 15.6 Å². The normalized spacial score (nSPS) is 11.3. The van der Waals surface area contributed by atoms with Crippen molar-refractivity contribution in [3.05, 3.63) is 0 Å².